The molecule has 4 heterocycles. The average molecular weight is 501 g/mol. The summed E-state index contributed by atoms with van der Waals surface area (Å²) in [5.74, 6) is 0.338. The molecule has 4 aromatic rings. The first-order chi connectivity index (χ1) is 17.8. The SMILES string of the molecule is Cc1cc(-n2nc3c(c2C)[C@H](C)N(C(=O)c2cc4cc(C5CCOCC5)ccc4[nH]2)CC3)cc(C)c1F. The normalized spacial score (nSPS) is 18.4. The van der Waals surface area contributed by atoms with Crippen molar-refractivity contribution in [2.45, 2.75) is 58.9 Å². The number of aryl methyl sites for hydroxylation is 2. The molecule has 1 saturated heterocycles. The molecule has 0 aliphatic carbocycles. The number of rotatable bonds is 3. The molecule has 2 aliphatic rings. The van der Waals surface area contributed by atoms with Gasteiger partial charge in [0.15, 0.2) is 0 Å². The van der Waals surface area contributed by atoms with Gasteiger partial charge in [0.05, 0.1) is 17.4 Å². The number of H-pyrrole nitrogens is 1. The first-order valence-electron chi connectivity index (χ1n) is 13.2. The van der Waals surface area contributed by atoms with Gasteiger partial charge in [-0.05, 0) is 93.5 Å². The minimum atomic E-state index is -0.179. The minimum absolute atomic E-state index is 0.00240. The van der Waals surface area contributed by atoms with Crippen molar-refractivity contribution in [2.75, 3.05) is 19.8 Å². The molecule has 37 heavy (non-hydrogen) atoms. The van der Waals surface area contributed by atoms with E-state index < -0.39 is 0 Å². The van der Waals surface area contributed by atoms with Crippen molar-refractivity contribution in [2.24, 2.45) is 0 Å². The van der Waals surface area contributed by atoms with Crippen molar-refractivity contribution >= 4 is 16.8 Å². The van der Waals surface area contributed by atoms with Gasteiger partial charge in [-0.2, -0.15) is 5.10 Å². The second kappa shape index (κ2) is 9.14. The van der Waals surface area contributed by atoms with Crippen LogP contribution in [0.4, 0.5) is 4.39 Å². The Bertz CT molecular complexity index is 1490. The van der Waals surface area contributed by atoms with Gasteiger partial charge in [-0.1, -0.05) is 6.07 Å². The molecule has 2 aliphatic heterocycles. The third-order valence-corrected chi connectivity index (χ3v) is 8.21. The predicted octanol–water partition coefficient (Wildman–Crippen LogP) is 6.07. The topological polar surface area (TPSA) is 63.1 Å². The van der Waals surface area contributed by atoms with Crippen LogP contribution in [-0.2, 0) is 11.2 Å². The van der Waals surface area contributed by atoms with Crippen LogP contribution in [0.3, 0.4) is 0 Å². The van der Waals surface area contributed by atoms with Crippen molar-refractivity contribution in [1.82, 2.24) is 19.7 Å². The van der Waals surface area contributed by atoms with Gasteiger partial charge in [-0.25, -0.2) is 9.07 Å². The van der Waals surface area contributed by atoms with E-state index in [4.69, 9.17) is 9.84 Å². The zero-order valence-corrected chi connectivity index (χ0v) is 21.9. The fourth-order valence-electron chi connectivity index (χ4n) is 6.16. The van der Waals surface area contributed by atoms with Crippen LogP contribution in [-0.4, -0.2) is 45.3 Å². The molecule has 0 unspecified atom stereocenters. The van der Waals surface area contributed by atoms with Gasteiger partial charge in [0.25, 0.3) is 5.91 Å². The van der Waals surface area contributed by atoms with E-state index in [9.17, 15) is 9.18 Å². The Labute approximate surface area is 216 Å². The number of nitrogens with zero attached hydrogens (tertiary/aromatic N) is 3. The van der Waals surface area contributed by atoms with Crippen LogP contribution in [0.5, 0.6) is 0 Å². The molecule has 6 rings (SSSR count). The van der Waals surface area contributed by atoms with Crippen molar-refractivity contribution in [1.29, 1.82) is 0 Å². The quantitative estimate of drug-likeness (QED) is 0.371. The monoisotopic (exact) mass is 500 g/mol. The van der Waals surface area contributed by atoms with Crippen molar-refractivity contribution in [3.8, 4) is 5.69 Å². The van der Waals surface area contributed by atoms with Crippen molar-refractivity contribution in [3.05, 3.63) is 81.6 Å². The lowest BCUT2D eigenvalue weighted by atomic mass is 9.91. The number of aromatic nitrogens is 3. The molecule has 0 radical (unpaired) electrons. The number of benzene rings is 2. The Hall–Kier alpha value is -3.45. The molecule has 2 aromatic heterocycles. The molecule has 1 N–H and O–H groups in total. The maximum atomic E-state index is 14.2. The third kappa shape index (κ3) is 4.06. The third-order valence-electron chi connectivity index (χ3n) is 8.21. The second-order valence-electron chi connectivity index (χ2n) is 10.6. The number of carbonyl (C=O) groups is 1. The maximum absolute atomic E-state index is 14.2. The number of aromatic amines is 1. The van der Waals surface area contributed by atoms with Gasteiger partial charge < -0.3 is 14.6 Å². The molecule has 0 spiro atoms. The van der Waals surface area contributed by atoms with E-state index in [0.29, 0.717) is 35.7 Å². The molecular formula is C30H33FN4O2. The molecule has 0 saturated carbocycles. The van der Waals surface area contributed by atoms with Crippen LogP contribution >= 0.6 is 0 Å². The molecule has 6 nitrogen and oxygen atoms in total. The molecule has 192 valence electrons. The van der Waals surface area contributed by atoms with E-state index in [1.807, 2.05) is 34.7 Å². The van der Waals surface area contributed by atoms with E-state index >= 15 is 0 Å². The Morgan fingerprint density at radius 1 is 1.08 bits per heavy atom. The van der Waals surface area contributed by atoms with Crippen LogP contribution in [0.1, 0.15) is 75.9 Å². The van der Waals surface area contributed by atoms with Gasteiger partial charge in [0, 0.05) is 48.3 Å². The highest BCUT2D eigenvalue weighted by Crippen LogP contribution is 2.35. The molecule has 7 heteroatoms. The lowest BCUT2D eigenvalue weighted by Gasteiger charge is -2.33. The number of amides is 1. The lowest BCUT2D eigenvalue weighted by Crippen LogP contribution is -2.39. The largest absolute Gasteiger partial charge is 0.381 e. The molecular weight excluding hydrogens is 467 g/mol. The number of nitrogens with one attached hydrogen (secondary N) is 1. The number of carbonyl (C=O) groups excluding carboxylic acids is 1. The fraction of sp³-hybridized carbons (Fsp3) is 0.400. The van der Waals surface area contributed by atoms with Crippen molar-refractivity contribution in [3.63, 3.8) is 0 Å². The number of hydrogen-bond acceptors (Lipinski definition) is 3. The van der Waals surface area contributed by atoms with Gasteiger partial charge in [-0.15, -0.1) is 0 Å². The predicted molar refractivity (Wildman–Crippen MR) is 142 cm³/mol. The number of fused-ring (bicyclic) bond motifs is 2. The highest BCUT2D eigenvalue weighted by Gasteiger charge is 2.33. The summed E-state index contributed by atoms with van der Waals surface area (Å²) in [5, 5.41) is 5.95. The van der Waals surface area contributed by atoms with Gasteiger partial charge in [-0.3, -0.25) is 4.79 Å². The summed E-state index contributed by atoms with van der Waals surface area (Å²) in [6.07, 6.45) is 2.77. The minimum Gasteiger partial charge on any atom is -0.381 e. The number of halogens is 1. The first kappa shape index (κ1) is 23.9. The summed E-state index contributed by atoms with van der Waals surface area (Å²) in [6.45, 7) is 9.89. The van der Waals surface area contributed by atoms with Crippen LogP contribution in [0, 0.1) is 26.6 Å². The average Bonchev–Trinajstić information content (AvgIpc) is 3.48. The maximum Gasteiger partial charge on any atom is 0.270 e. The molecule has 1 fully saturated rings. The molecule has 1 amide bonds. The fourth-order valence-corrected chi connectivity index (χ4v) is 6.16. The van der Waals surface area contributed by atoms with E-state index in [0.717, 1.165) is 59.6 Å². The standard InChI is InChI=1S/C30H33FN4O2/c1-17-13-24(14-18(2)29(17)31)35-20(4)28-19(3)34(10-7-26(28)33-35)30(36)27-16-23-15-22(5-6-25(23)32-27)21-8-11-37-12-9-21/h5-6,13-16,19,21,32H,7-12H2,1-4H3/t19-/m0/s1. The summed E-state index contributed by atoms with van der Waals surface area (Å²) in [6, 6.07) is 12.0. The summed E-state index contributed by atoms with van der Waals surface area (Å²) in [5.41, 5.74) is 8.05. The Morgan fingerprint density at radius 2 is 1.81 bits per heavy atom. The zero-order valence-electron chi connectivity index (χ0n) is 21.9. The Balaban J connectivity index is 1.29. The summed E-state index contributed by atoms with van der Waals surface area (Å²) in [7, 11) is 0. The Kier molecular flexibility index (Phi) is 5.91. The molecule has 2 aromatic carbocycles. The first-order valence-corrected chi connectivity index (χ1v) is 13.2. The Morgan fingerprint density at radius 3 is 2.54 bits per heavy atom. The summed E-state index contributed by atoms with van der Waals surface area (Å²) >= 11 is 0. The van der Waals surface area contributed by atoms with Gasteiger partial charge in [0.2, 0.25) is 0 Å². The van der Waals surface area contributed by atoms with E-state index in [2.05, 4.69) is 30.1 Å². The summed E-state index contributed by atoms with van der Waals surface area (Å²) < 4.78 is 21.6. The zero-order chi connectivity index (χ0) is 25.8. The van der Waals surface area contributed by atoms with Gasteiger partial charge >= 0.3 is 0 Å². The molecule has 0 bridgehead atoms. The van der Waals surface area contributed by atoms with E-state index in [1.54, 1.807) is 13.8 Å². The number of hydrogen-bond donors (Lipinski definition) is 1. The van der Waals surface area contributed by atoms with Crippen LogP contribution in [0.2, 0.25) is 0 Å². The highest BCUT2D eigenvalue weighted by molar-refractivity contribution is 5.98. The van der Waals surface area contributed by atoms with Crippen LogP contribution < -0.4 is 0 Å². The van der Waals surface area contributed by atoms with Crippen LogP contribution in [0.25, 0.3) is 16.6 Å². The summed E-state index contributed by atoms with van der Waals surface area (Å²) in [4.78, 5) is 19.0. The lowest BCUT2D eigenvalue weighted by molar-refractivity contribution is 0.0671. The van der Waals surface area contributed by atoms with Crippen LogP contribution in [0.15, 0.2) is 36.4 Å². The molecule has 1 atom stereocenters. The second-order valence-corrected chi connectivity index (χ2v) is 10.6. The van der Waals surface area contributed by atoms with Crippen molar-refractivity contribution < 1.29 is 13.9 Å². The van der Waals surface area contributed by atoms with Gasteiger partial charge in [0.1, 0.15) is 11.5 Å². The van der Waals surface area contributed by atoms with E-state index in [1.165, 1.54) is 5.56 Å². The highest BCUT2D eigenvalue weighted by atomic mass is 19.1. The number of ether oxygens (including phenoxy) is 1. The smallest absolute Gasteiger partial charge is 0.270 e. The van der Waals surface area contributed by atoms with E-state index in [-0.39, 0.29) is 17.8 Å².